The Labute approximate surface area is 174 Å². The van der Waals surface area contributed by atoms with Gasteiger partial charge in [-0.25, -0.2) is 14.1 Å². The number of aliphatic hydroxyl groups excluding tert-OH is 1. The highest BCUT2D eigenvalue weighted by molar-refractivity contribution is 5.96. The Morgan fingerprint density at radius 3 is 2.12 bits per heavy atom. The number of benzene rings is 1. The Hall–Kier alpha value is -3.29. The number of carbonyl (C=O) groups is 2. The van der Waals surface area contributed by atoms with Gasteiger partial charge in [0.1, 0.15) is 12.9 Å². The fourth-order valence-corrected chi connectivity index (χ4v) is 2.84. The molecule has 1 amide bonds. The Morgan fingerprint density at radius 2 is 1.62 bits per heavy atom. The van der Waals surface area contributed by atoms with Crippen LogP contribution in [0.1, 0.15) is 11.1 Å². The van der Waals surface area contributed by atoms with Crippen molar-refractivity contribution in [3.8, 4) is 11.4 Å². The maximum Gasteiger partial charge on any atom is 0.416 e. The molecule has 1 aliphatic rings. The van der Waals surface area contributed by atoms with E-state index in [1.54, 1.807) is 0 Å². The molecule has 0 unspecified atom stereocenters. The molecular formula is C18H13F7N4O3. The number of aliphatic hydroxyl groups is 1. The van der Waals surface area contributed by atoms with Gasteiger partial charge < -0.3 is 10.0 Å². The average molecular weight is 466 g/mol. The first-order valence-electron chi connectivity index (χ1n) is 8.74. The van der Waals surface area contributed by atoms with Crippen LogP contribution in [0, 0.1) is 0 Å². The molecule has 0 bridgehead atoms. The highest BCUT2D eigenvalue weighted by Gasteiger charge is 2.50. The van der Waals surface area contributed by atoms with Crippen LogP contribution in [0.4, 0.5) is 30.7 Å². The van der Waals surface area contributed by atoms with E-state index in [1.807, 2.05) is 0 Å². The second-order valence-corrected chi connectivity index (χ2v) is 6.90. The highest BCUT2D eigenvalue weighted by Crippen LogP contribution is 2.38. The molecule has 172 valence electrons. The maximum absolute atomic E-state index is 14.0. The first-order chi connectivity index (χ1) is 14.7. The van der Waals surface area contributed by atoms with Gasteiger partial charge in [0.15, 0.2) is 11.6 Å². The molecular weight excluding hydrogens is 453 g/mol. The van der Waals surface area contributed by atoms with Crippen LogP contribution >= 0.6 is 0 Å². The number of aromatic nitrogens is 3. The molecule has 1 N–H and O–H groups in total. The molecule has 3 rings (SSSR count). The molecule has 1 aliphatic heterocycles. The van der Waals surface area contributed by atoms with E-state index >= 15 is 0 Å². The number of hydrogen-bond donors (Lipinski definition) is 1. The molecule has 0 aliphatic carbocycles. The maximum atomic E-state index is 14.0. The SMILES string of the molecule is O=C(C=Cn1cnc(-c2cc(C(F)(F)F)cc(C(F)(F)F)c2)n1)N1CC(F)(C(=O)CO)C1. The molecule has 14 heteroatoms. The zero-order chi connectivity index (χ0) is 23.9. The summed E-state index contributed by atoms with van der Waals surface area (Å²) in [6.07, 6.45) is -7.23. The number of halogens is 7. The van der Waals surface area contributed by atoms with Gasteiger partial charge >= 0.3 is 12.4 Å². The minimum atomic E-state index is -5.04. The Kier molecular flexibility index (Phi) is 5.84. The number of nitrogens with zero attached hydrogens (tertiary/aromatic N) is 4. The first kappa shape index (κ1) is 23.4. The van der Waals surface area contributed by atoms with Crippen LogP contribution < -0.4 is 0 Å². The lowest BCUT2D eigenvalue weighted by Crippen LogP contribution is -2.65. The summed E-state index contributed by atoms with van der Waals surface area (Å²) in [6.45, 7) is -2.15. The van der Waals surface area contributed by atoms with Crippen molar-refractivity contribution in [2.24, 2.45) is 0 Å². The van der Waals surface area contributed by atoms with Gasteiger partial charge in [0.05, 0.1) is 24.2 Å². The van der Waals surface area contributed by atoms with E-state index in [-0.39, 0.29) is 6.07 Å². The number of rotatable bonds is 5. The van der Waals surface area contributed by atoms with E-state index in [9.17, 15) is 40.3 Å². The molecule has 0 spiro atoms. The number of carbonyl (C=O) groups excluding carboxylic acids is 2. The first-order valence-corrected chi connectivity index (χ1v) is 8.74. The summed E-state index contributed by atoms with van der Waals surface area (Å²) < 4.78 is 92.7. The third-order valence-corrected chi connectivity index (χ3v) is 4.56. The number of alkyl halides is 7. The molecule has 1 saturated heterocycles. The second-order valence-electron chi connectivity index (χ2n) is 6.90. The Bertz CT molecular complexity index is 1040. The van der Waals surface area contributed by atoms with Gasteiger partial charge in [0.2, 0.25) is 11.6 Å². The van der Waals surface area contributed by atoms with E-state index in [2.05, 4.69) is 10.1 Å². The van der Waals surface area contributed by atoms with Crippen LogP contribution in [-0.4, -0.2) is 61.8 Å². The summed E-state index contributed by atoms with van der Waals surface area (Å²) in [4.78, 5) is 27.8. The zero-order valence-corrected chi connectivity index (χ0v) is 15.8. The van der Waals surface area contributed by atoms with Gasteiger partial charge in [0, 0.05) is 17.8 Å². The predicted octanol–water partition coefficient (Wildman–Crippen LogP) is 2.57. The quantitative estimate of drug-likeness (QED) is 0.541. The molecule has 1 aromatic carbocycles. The van der Waals surface area contributed by atoms with Crippen LogP contribution in [0.5, 0.6) is 0 Å². The molecule has 7 nitrogen and oxygen atoms in total. The average Bonchev–Trinajstić information content (AvgIpc) is 3.16. The number of ketones is 1. The van der Waals surface area contributed by atoms with Crippen molar-refractivity contribution in [1.29, 1.82) is 0 Å². The van der Waals surface area contributed by atoms with Crippen LogP contribution in [0.15, 0.2) is 30.6 Å². The van der Waals surface area contributed by atoms with Crippen molar-refractivity contribution in [3.63, 3.8) is 0 Å². The molecule has 1 aromatic heterocycles. The summed E-state index contributed by atoms with van der Waals surface area (Å²) in [5, 5.41) is 12.4. The fraction of sp³-hybridized carbons (Fsp3) is 0.333. The summed E-state index contributed by atoms with van der Waals surface area (Å²) in [6, 6.07) is 0.893. The van der Waals surface area contributed by atoms with Crippen LogP contribution in [0.3, 0.4) is 0 Å². The molecule has 2 aromatic rings. The summed E-state index contributed by atoms with van der Waals surface area (Å²) >= 11 is 0. The van der Waals surface area contributed by atoms with Crippen molar-refractivity contribution >= 4 is 17.9 Å². The van der Waals surface area contributed by atoms with Gasteiger partial charge in [-0.3, -0.25) is 9.59 Å². The lowest BCUT2D eigenvalue weighted by Gasteiger charge is -2.42. The fourth-order valence-electron chi connectivity index (χ4n) is 2.84. The number of Topliss-reactive ketones (excluding diaryl/α,β-unsaturated/α-hetero) is 1. The summed E-state index contributed by atoms with van der Waals surface area (Å²) in [5.74, 6) is -2.26. The standard InChI is InChI=1S/C18H13F7N4O3/c19-16(13(31)6-30)7-28(8-16)14(32)1-2-29-9-26-15(27-29)10-3-11(17(20,21)22)5-12(4-10)18(23,24)25/h1-5,9,30H,6-8H2. The number of amides is 1. The van der Waals surface area contributed by atoms with Crippen LogP contribution in [-0.2, 0) is 21.9 Å². The highest BCUT2D eigenvalue weighted by atomic mass is 19.4. The lowest BCUT2D eigenvalue weighted by molar-refractivity contribution is -0.153. The summed E-state index contributed by atoms with van der Waals surface area (Å²) in [5.41, 5.74) is -5.94. The lowest BCUT2D eigenvalue weighted by atomic mass is 9.91. The van der Waals surface area contributed by atoms with Gasteiger partial charge in [-0.05, 0) is 18.2 Å². The van der Waals surface area contributed by atoms with E-state index < -0.39 is 71.9 Å². The Morgan fingerprint density at radius 1 is 1.06 bits per heavy atom. The van der Waals surface area contributed by atoms with Crippen molar-refractivity contribution < 1.29 is 45.4 Å². The zero-order valence-electron chi connectivity index (χ0n) is 15.8. The van der Waals surface area contributed by atoms with Gasteiger partial charge in [-0.15, -0.1) is 5.10 Å². The smallest absolute Gasteiger partial charge is 0.388 e. The molecule has 0 radical (unpaired) electrons. The van der Waals surface area contributed by atoms with E-state index in [1.165, 1.54) is 0 Å². The monoisotopic (exact) mass is 466 g/mol. The molecule has 2 heterocycles. The second kappa shape index (κ2) is 8.00. The molecule has 0 atom stereocenters. The summed E-state index contributed by atoms with van der Waals surface area (Å²) in [7, 11) is 0. The Balaban J connectivity index is 1.78. The number of hydrogen-bond acceptors (Lipinski definition) is 5. The third kappa shape index (κ3) is 4.79. The third-order valence-electron chi connectivity index (χ3n) is 4.56. The largest absolute Gasteiger partial charge is 0.416 e. The van der Waals surface area contributed by atoms with Gasteiger partial charge in [-0.2, -0.15) is 26.3 Å². The molecule has 32 heavy (non-hydrogen) atoms. The van der Waals surface area contributed by atoms with Crippen LogP contribution in [0.25, 0.3) is 17.6 Å². The minimum Gasteiger partial charge on any atom is -0.388 e. The van der Waals surface area contributed by atoms with Crippen molar-refractivity contribution in [2.45, 2.75) is 18.0 Å². The normalized spacial score (nSPS) is 16.3. The van der Waals surface area contributed by atoms with Gasteiger partial charge in [0.25, 0.3) is 0 Å². The van der Waals surface area contributed by atoms with Crippen molar-refractivity contribution in [2.75, 3.05) is 19.7 Å². The predicted molar refractivity (Wildman–Crippen MR) is 93.3 cm³/mol. The minimum absolute atomic E-state index is 0.0292. The molecule has 1 fully saturated rings. The van der Waals surface area contributed by atoms with E-state index in [4.69, 9.17) is 5.11 Å². The van der Waals surface area contributed by atoms with E-state index in [0.29, 0.717) is 12.1 Å². The van der Waals surface area contributed by atoms with Gasteiger partial charge in [-0.1, -0.05) is 0 Å². The van der Waals surface area contributed by atoms with Crippen LogP contribution in [0.2, 0.25) is 0 Å². The van der Waals surface area contributed by atoms with Crippen molar-refractivity contribution in [1.82, 2.24) is 19.7 Å². The van der Waals surface area contributed by atoms with Crippen molar-refractivity contribution in [3.05, 3.63) is 41.7 Å². The number of likely N-dealkylation sites (tertiary alicyclic amines) is 1. The van der Waals surface area contributed by atoms with E-state index in [0.717, 1.165) is 28.2 Å². The topological polar surface area (TPSA) is 88.3 Å². The molecule has 0 saturated carbocycles.